The molecule has 2 aromatic heterocycles. The van der Waals surface area contributed by atoms with E-state index in [1.54, 1.807) is 24.3 Å². The van der Waals surface area contributed by atoms with E-state index in [2.05, 4.69) is 30.6 Å². The molecule has 0 bridgehead atoms. The van der Waals surface area contributed by atoms with Gasteiger partial charge in [-0.3, -0.25) is 9.59 Å². The number of para-hydroxylation sites is 6. The Morgan fingerprint density at radius 1 is 0.476 bits per heavy atom. The minimum Gasteiger partial charge on any atom is -0.377 e. The standard InChI is InChI=1S/C32H28N6O4/c39-31(21-7-5-13-27-29(21)37-25-11-3-1-9-23(25)35-27)33-15-17-41-19-20-42-18-16-34-32(40)22-8-6-14-28-30(22)38-26-12-4-2-10-24(26)36-28/h1-14H,15-20H2,(H,33,39)(H,34,40). The van der Waals surface area contributed by atoms with Crippen LogP contribution in [0, 0.1) is 0 Å². The third-order valence-corrected chi connectivity index (χ3v) is 6.66. The van der Waals surface area contributed by atoms with Crippen LogP contribution < -0.4 is 10.6 Å². The lowest BCUT2D eigenvalue weighted by molar-refractivity contribution is 0.0486. The van der Waals surface area contributed by atoms with E-state index in [1.807, 2.05) is 60.7 Å². The van der Waals surface area contributed by atoms with Crippen molar-refractivity contribution in [3.8, 4) is 0 Å². The van der Waals surface area contributed by atoms with Crippen LogP contribution in [0.5, 0.6) is 0 Å². The van der Waals surface area contributed by atoms with Crippen molar-refractivity contribution in [2.45, 2.75) is 0 Å². The van der Waals surface area contributed by atoms with Crippen molar-refractivity contribution in [3.63, 3.8) is 0 Å². The lowest BCUT2D eigenvalue weighted by Crippen LogP contribution is -2.29. The molecule has 0 atom stereocenters. The molecule has 42 heavy (non-hydrogen) atoms. The Hall–Kier alpha value is -5.06. The van der Waals surface area contributed by atoms with Gasteiger partial charge in [-0.1, -0.05) is 36.4 Å². The molecule has 6 rings (SSSR count). The number of nitrogens with zero attached hydrogens (tertiary/aromatic N) is 4. The van der Waals surface area contributed by atoms with Crippen LogP contribution >= 0.6 is 0 Å². The lowest BCUT2D eigenvalue weighted by atomic mass is 10.1. The highest BCUT2D eigenvalue weighted by molar-refractivity contribution is 6.06. The fourth-order valence-electron chi connectivity index (χ4n) is 4.64. The van der Waals surface area contributed by atoms with Gasteiger partial charge in [0.25, 0.3) is 11.8 Å². The zero-order valence-corrected chi connectivity index (χ0v) is 22.7. The van der Waals surface area contributed by atoms with Gasteiger partial charge in [-0.25, -0.2) is 19.9 Å². The summed E-state index contributed by atoms with van der Waals surface area (Å²) in [6.07, 6.45) is 0. The zero-order valence-electron chi connectivity index (χ0n) is 22.7. The largest absolute Gasteiger partial charge is 0.377 e. The second-order valence-electron chi connectivity index (χ2n) is 9.51. The Kier molecular flexibility index (Phi) is 8.16. The predicted molar refractivity (Wildman–Crippen MR) is 160 cm³/mol. The van der Waals surface area contributed by atoms with E-state index >= 15 is 0 Å². The first-order valence-corrected chi connectivity index (χ1v) is 13.7. The van der Waals surface area contributed by atoms with E-state index in [-0.39, 0.29) is 11.8 Å². The molecule has 0 saturated heterocycles. The van der Waals surface area contributed by atoms with Gasteiger partial charge in [0, 0.05) is 13.1 Å². The Morgan fingerprint density at radius 2 is 0.857 bits per heavy atom. The van der Waals surface area contributed by atoms with E-state index in [4.69, 9.17) is 9.47 Å². The molecule has 0 aliphatic heterocycles. The summed E-state index contributed by atoms with van der Waals surface area (Å²) in [6, 6.07) is 25.9. The van der Waals surface area contributed by atoms with Crippen molar-refractivity contribution in [2.24, 2.45) is 0 Å². The summed E-state index contributed by atoms with van der Waals surface area (Å²) < 4.78 is 11.2. The molecule has 6 aromatic rings. The number of nitrogens with one attached hydrogen (secondary N) is 2. The van der Waals surface area contributed by atoms with E-state index in [1.165, 1.54) is 0 Å². The average molecular weight is 561 g/mol. The number of fused-ring (bicyclic) bond motifs is 4. The lowest BCUT2D eigenvalue weighted by Gasteiger charge is -2.10. The Balaban J connectivity index is 0.902. The predicted octanol–water partition coefficient (Wildman–Crippen LogP) is 4.07. The molecule has 0 aliphatic rings. The highest BCUT2D eigenvalue weighted by atomic mass is 16.5. The number of aromatic nitrogens is 4. The molecule has 0 fully saturated rings. The Morgan fingerprint density at radius 3 is 1.29 bits per heavy atom. The summed E-state index contributed by atoms with van der Waals surface area (Å²) in [4.78, 5) is 44.1. The quantitative estimate of drug-likeness (QED) is 0.179. The summed E-state index contributed by atoms with van der Waals surface area (Å²) in [7, 11) is 0. The van der Waals surface area contributed by atoms with Crippen LogP contribution in [0.25, 0.3) is 44.1 Å². The van der Waals surface area contributed by atoms with E-state index in [0.717, 1.165) is 22.1 Å². The van der Waals surface area contributed by atoms with Crippen molar-refractivity contribution < 1.29 is 19.1 Å². The maximum Gasteiger partial charge on any atom is 0.253 e. The molecule has 4 aromatic carbocycles. The molecule has 2 N–H and O–H groups in total. The molecule has 0 spiro atoms. The summed E-state index contributed by atoms with van der Waals surface area (Å²) in [5.74, 6) is -0.461. The van der Waals surface area contributed by atoms with Gasteiger partial charge < -0.3 is 20.1 Å². The van der Waals surface area contributed by atoms with Crippen LogP contribution in [-0.2, 0) is 9.47 Å². The van der Waals surface area contributed by atoms with Gasteiger partial charge in [0.15, 0.2) is 0 Å². The maximum absolute atomic E-state index is 12.8. The Labute approximate surface area is 241 Å². The number of ether oxygens (including phenoxy) is 2. The highest BCUT2D eigenvalue weighted by Gasteiger charge is 2.14. The molecular weight excluding hydrogens is 532 g/mol. The fraction of sp³-hybridized carbons (Fsp3) is 0.188. The van der Waals surface area contributed by atoms with Gasteiger partial charge in [0.05, 0.1) is 70.7 Å². The molecule has 210 valence electrons. The SMILES string of the molecule is O=C(NCCOCCOCCNC(=O)c1cccc2nc3ccccc3nc12)c1cccc2nc3ccccc3nc12. The number of carbonyl (C=O) groups excluding carboxylic acids is 2. The summed E-state index contributed by atoms with van der Waals surface area (Å²) in [5, 5.41) is 5.74. The highest BCUT2D eigenvalue weighted by Crippen LogP contribution is 2.20. The molecule has 2 amide bonds. The first-order valence-electron chi connectivity index (χ1n) is 13.7. The first kappa shape index (κ1) is 27.1. The van der Waals surface area contributed by atoms with Gasteiger partial charge >= 0.3 is 0 Å². The molecule has 10 heteroatoms. The van der Waals surface area contributed by atoms with Crippen LogP contribution in [0.2, 0.25) is 0 Å². The van der Waals surface area contributed by atoms with Gasteiger partial charge in [-0.05, 0) is 48.5 Å². The summed E-state index contributed by atoms with van der Waals surface area (Å²) >= 11 is 0. The molecule has 2 heterocycles. The third kappa shape index (κ3) is 5.99. The number of benzene rings is 4. The van der Waals surface area contributed by atoms with Crippen LogP contribution in [0.3, 0.4) is 0 Å². The van der Waals surface area contributed by atoms with E-state index < -0.39 is 0 Å². The van der Waals surface area contributed by atoms with Gasteiger partial charge in [0.1, 0.15) is 11.0 Å². The van der Waals surface area contributed by atoms with Crippen LogP contribution in [-0.4, -0.2) is 71.3 Å². The Bertz CT molecular complexity index is 1770. The smallest absolute Gasteiger partial charge is 0.253 e. The molecule has 10 nitrogen and oxygen atoms in total. The van der Waals surface area contributed by atoms with Crippen molar-refractivity contribution >= 4 is 55.9 Å². The van der Waals surface area contributed by atoms with Crippen molar-refractivity contribution in [1.29, 1.82) is 0 Å². The fourth-order valence-corrected chi connectivity index (χ4v) is 4.64. The second kappa shape index (κ2) is 12.6. The monoisotopic (exact) mass is 560 g/mol. The third-order valence-electron chi connectivity index (χ3n) is 6.66. The molecule has 0 radical (unpaired) electrons. The maximum atomic E-state index is 12.8. The first-order chi connectivity index (χ1) is 20.7. The summed E-state index contributed by atoms with van der Waals surface area (Å²) in [6.45, 7) is 2.08. The summed E-state index contributed by atoms with van der Waals surface area (Å²) in [5.41, 5.74) is 6.47. The molecule has 0 aliphatic carbocycles. The van der Waals surface area contributed by atoms with E-state index in [0.29, 0.717) is 72.7 Å². The normalized spacial score (nSPS) is 11.3. The molecule has 0 saturated carbocycles. The zero-order chi connectivity index (χ0) is 28.7. The number of carbonyl (C=O) groups is 2. The number of amides is 2. The minimum absolute atomic E-state index is 0.230. The molecular formula is C32H28N6O4. The number of hydrogen-bond donors (Lipinski definition) is 2. The van der Waals surface area contributed by atoms with Crippen LogP contribution in [0.1, 0.15) is 20.7 Å². The molecule has 0 unspecified atom stereocenters. The minimum atomic E-state index is -0.230. The van der Waals surface area contributed by atoms with Crippen molar-refractivity contribution in [2.75, 3.05) is 39.5 Å². The van der Waals surface area contributed by atoms with Crippen LogP contribution in [0.15, 0.2) is 84.9 Å². The van der Waals surface area contributed by atoms with Gasteiger partial charge in [0.2, 0.25) is 0 Å². The van der Waals surface area contributed by atoms with Crippen molar-refractivity contribution in [1.82, 2.24) is 30.6 Å². The number of rotatable bonds is 11. The van der Waals surface area contributed by atoms with E-state index in [9.17, 15) is 9.59 Å². The van der Waals surface area contributed by atoms with Gasteiger partial charge in [-0.15, -0.1) is 0 Å². The van der Waals surface area contributed by atoms with Gasteiger partial charge in [-0.2, -0.15) is 0 Å². The topological polar surface area (TPSA) is 128 Å². The second-order valence-corrected chi connectivity index (χ2v) is 9.51. The van der Waals surface area contributed by atoms with Crippen LogP contribution in [0.4, 0.5) is 0 Å². The number of hydrogen-bond acceptors (Lipinski definition) is 8. The average Bonchev–Trinajstić information content (AvgIpc) is 3.02. The van der Waals surface area contributed by atoms with Crippen molar-refractivity contribution in [3.05, 3.63) is 96.1 Å².